The zero-order valence-electron chi connectivity index (χ0n) is 11.8. The summed E-state index contributed by atoms with van der Waals surface area (Å²) in [6.45, 7) is 4.48. The van der Waals surface area contributed by atoms with Gasteiger partial charge in [-0.1, -0.05) is 24.8 Å². The molecule has 0 radical (unpaired) electrons. The minimum Gasteiger partial charge on any atom is -0.468 e. The highest BCUT2D eigenvalue weighted by molar-refractivity contribution is 7.99. The van der Waals surface area contributed by atoms with Crippen molar-refractivity contribution in [2.24, 2.45) is 0 Å². The van der Waals surface area contributed by atoms with Crippen LogP contribution in [0.5, 0.6) is 0 Å². The van der Waals surface area contributed by atoms with Gasteiger partial charge in [0.05, 0.1) is 7.11 Å². The van der Waals surface area contributed by atoms with E-state index in [0.29, 0.717) is 12.3 Å². The lowest BCUT2D eigenvalue weighted by Gasteiger charge is -2.26. The van der Waals surface area contributed by atoms with Gasteiger partial charge in [-0.2, -0.15) is 0 Å². The van der Waals surface area contributed by atoms with Crippen LogP contribution in [0, 0.1) is 0 Å². The maximum Gasteiger partial charge on any atom is 0.326 e. The molecule has 1 N–H and O–H groups in total. The topological polar surface area (TPSA) is 68.5 Å². The van der Waals surface area contributed by atoms with Crippen molar-refractivity contribution in [2.45, 2.75) is 24.5 Å². The molecular formula is C13H18N4O2S. The van der Waals surface area contributed by atoms with Crippen molar-refractivity contribution in [2.75, 3.05) is 19.4 Å². The van der Waals surface area contributed by atoms with Crippen LogP contribution in [0.4, 0.5) is 0 Å². The number of carbonyl (C=O) groups excluding carboxylic acids is 1. The molecule has 2 rings (SSSR count). The molecule has 2 heterocycles. The van der Waals surface area contributed by atoms with Gasteiger partial charge < -0.3 is 10.1 Å². The predicted molar refractivity (Wildman–Crippen MR) is 77.8 cm³/mol. The van der Waals surface area contributed by atoms with Gasteiger partial charge in [-0.3, -0.25) is 9.20 Å². The van der Waals surface area contributed by atoms with Crippen LogP contribution in [0.1, 0.15) is 13.8 Å². The van der Waals surface area contributed by atoms with E-state index < -0.39 is 5.54 Å². The Morgan fingerprint density at radius 2 is 2.30 bits per heavy atom. The number of hydrogen-bond donors (Lipinski definition) is 1. The standard InChI is InChI=1S/C13H18N4O2S/c1-4-14-13(2,11(18)19-3)9-20-12-16-15-10-7-5-6-8-17(10)12/h5-8,14H,4,9H2,1-3H3. The van der Waals surface area contributed by atoms with Gasteiger partial charge >= 0.3 is 5.97 Å². The number of fused-ring (bicyclic) bond motifs is 1. The fraction of sp³-hybridized carbons (Fsp3) is 0.462. The number of pyridine rings is 1. The lowest BCUT2D eigenvalue weighted by Crippen LogP contribution is -2.52. The number of likely N-dealkylation sites (N-methyl/N-ethyl adjacent to an activating group) is 1. The van der Waals surface area contributed by atoms with Gasteiger partial charge in [0.15, 0.2) is 10.8 Å². The Kier molecular flexibility index (Phi) is 4.61. The van der Waals surface area contributed by atoms with E-state index in [4.69, 9.17) is 4.74 Å². The third-order valence-corrected chi connectivity index (χ3v) is 4.23. The second-order valence-corrected chi connectivity index (χ2v) is 5.50. The van der Waals surface area contributed by atoms with Crippen LogP contribution in [-0.2, 0) is 9.53 Å². The van der Waals surface area contributed by atoms with Gasteiger partial charge in [-0.25, -0.2) is 0 Å². The van der Waals surface area contributed by atoms with Crippen molar-refractivity contribution >= 4 is 23.4 Å². The summed E-state index contributed by atoms with van der Waals surface area (Å²) < 4.78 is 6.76. The number of methoxy groups -OCH3 is 1. The lowest BCUT2D eigenvalue weighted by molar-refractivity contribution is -0.146. The highest BCUT2D eigenvalue weighted by Crippen LogP contribution is 2.22. The van der Waals surface area contributed by atoms with E-state index in [1.807, 2.05) is 42.6 Å². The van der Waals surface area contributed by atoms with E-state index in [1.54, 1.807) is 0 Å². The molecule has 20 heavy (non-hydrogen) atoms. The summed E-state index contributed by atoms with van der Waals surface area (Å²) in [6.07, 6.45) is 1.90. The van der Waals surface area contributed by atoms with Crippen LogP contribution >= 0.6 is 11.8 Å². The number of thioether (sulfide) groups is 1. The summed E-state index contributed by atoms with van der Waals surface area (Å²) >= 11 is 1.47. The summed E-state index contributed by atoms with van der Waals surface area (Å²) in [5, 5.41) is 12.2. The molecule has 6 nitrogen and oxygen atoms in total. The number of rotatable bonds is 6. The minimum atomic E-state index is -0.741. The van der Waals surface area contributed by atoms with Crippen LogP contribution < -0.4 is 5.32 Å². The van der Waals surface area contributed by atoms with E-state index in [2.05, 4.69) is 15.5 Å². The zero-order valence-corrected chi connectivity index (χ0v) is 12.6. The average molecular weight is 294 g/mol. The van der Waals surface area contributed by atoms with Crippen LogP contribution in [0.15, 0.2) is 29.6 Å². The monoisotopic (exact) mass is 294 g/mol. The molecule has 0 fully saturated rings. The smallest absolute Gasteiger partial charge is 0.326 e. The summed E-state index contributed by atoms with van der Waals surface area (Å²) in [5.74, 6) is 0.240. The molecule has 0 saturated carbocycles. The maximum absolute atomic E-state index is 11.9. The normalized spacial score (nSPS) is 14.2. The van der Waals surface area contributed by atoms with Crippen molar-refractivity contribution in [3.8, 4) is 0 Å². The van der Waals surface area contributed by atoms with Crippen molar-refractivity contribution in [1.29, 1.82) is 0 Å². The minimum absolute atomic E-state index is 0.277. The molecule has 2 aromatic rings. The Morgan fingerprint density at radius 3 is 3.00 bits per heavy atom. The Morgan fingerprint density at radius 1 is 1.50 bits per heavy atom. The Balaban J connectivity index is 2.15. The number of ether oxygens (including phenoxy) is 1. The first-order valence-electron chi connectivity index (χ1n) is 6.36. The summed E-state index contributed by atoms with van der Waals surface area (Å²) in [4.78, 5) is 11.9. The van der Waals surface area contributed by atoms with Crippen molar-refractivity contribution in [3.63, 3.8) is 0 Å². The molecule has 0 amide bonds. The molecule has 0 aliphatic heterocycles. The van der Waals surface area contributed by atoms with Gasteiger partial charge in [0, 0.05) is 11.9 Å². The van der Waals surface area contributed by atoms with Crippen molar-refractivity contribution in [3.05, 3.63) is 24.4 Å². The van der Waals surface area contributed by atoms with E-state index in [-0.39, 0.29) is 5.97 Å². The van der Waals surface area contributed by atoms with Crippen LogP contribution in [-0.4, -0.2) is 45.5 Å². The quantitative estimate of drug-likeness (QED) is 0.641. The molecule has 2 aromatic heterocycles. The van der Waals surface area contributed by atoms with E-state index in [1.165, 1.54) is 18.9 Å². The van der Waals surface area contributed by atoms with Gasteiger partial charge in [-0.15, -0.1) is 10.2 Å². The first-order chi connectivity index (χ1) is 9.60. The number of hydrogen-bond acceptors (Lipinski definition) is 6. The third-order valence-electron chi connectivity index (χ3n) is 2.98. The number of carbonyl (C=O) groups is 1. The van der Waals surface area contributed by atoms with Crippen LogP contribution in [0.3, 0.4) is 0 Å². The van der Waals surface area contributed by atoms with Gasteiger partial charge in [0.1, 0.15) is 5.54 Å². The molecule has 108 valence electrons. The molecule has 0 spiro atoms. The molecule has 0 aliphatic carbocycles. The molecule has 1 atom stereocenters. The van der Waals surface area contributed by atoms with E-state index in [9.17, 15) is 4.79 Å². The van der Waals surface area contributed by atoms with E-state index >= 15 is 0 Å². The molecule has 0 saturated heterocycles. The van der Waals surface area contributed by atoms with Crippen LogP contribution in [0.25, 0.3) is 5.65 Å². The molecular weight excluding hydrogens is 276 g/mol. The number of esters is 1. The lowest BCUT2D eigenvalue weighted by atomic mass is 10.1. The second-order valence-electron chi connectivity index (χ2n) is 4.55. The third kappa shape index (κ3) is 2.94. The Bertz CT molecular complexity index is 601. The molecule has 7 heteroatoms. The molecule has 1 unspecified atom stereocenters. The largest absolute Gasteiger partial charge is 0.468 e. The average Bonchev–Trinajstić information content (AvgIpc) is 2.88. The first kappa shape index (κ1) is 14.8. The number of nitrogens with one attached hydrogen (secondary N) is 1. The van der Waals surface area contributed by atoms with Gasteiger partial charge in [0.2, 0.25) is 0 Å². The molecule has 0 aliphatic rings. The summed E-state index contributed by atoms with van der Waals surface area (Å²) in [6, 6.07) is 5.72. The van der Waals surface area contributed by atoms with Crippen molar-refractivity contribution < 1.29 is 9.53 Å². The maximum atomic E-state index is 11.9. The Labute approximate surface area is 121 Å². The number of aromatic nitrogens is 3. The van der Waals surface area contributed by atoms with Gasteiger partial charge in [0.25, 0.3) is 0 Å². The predicted octanol–water partition coefficient (Wildman–Crippen LogP) is 1.36. The fourth-order valence-corrected chi connectivity index (χ4v) is 2.95. The second kappa shape index (κ2) is 6.23. The summed E-state index contributed by atoms with van der Waals surface area (Å²) in [7, 11) is 1.40. The fourth-order valence-electron chi connectivity index (χ4n) is 1.92. The van der Waals surface area contributed by atoms with Crippen LogP contribution in [0.2, 0.25) is 0 Å². The SMILES string of the molecule is CCNC(C)(CSc1nnc2ccccn12)C(=O)OC. The highest BCUT2D eigenvalue weighted by atomic mass is 32.2. The Hall–Kier alpha value is -1.60. The molecule has 0 aromatic carbocycles. The highest BCUT2D eigenvalue weighted by Gasteiger charge is 2.34. The van der Waals surface area contributed by atoms with E-state index in [0.717, 1.165) is 10.8 Å². The summed E-state index contributed by atoms with van der Waals surface area (Å²) in [5.41, 5.74) is 0.0487. The molecule has 0 bridgehead atoms. The number of nitrogens with zero attached hydrogens (tertiary/aromatic N) is 3. The van der Waals surface area contributed by atoms with Gasteiger partial charge in [-0.05, 0) is 25.6 Å². The first-order valence-corrected chi connectivity index (χ1v) is 7.35. The zero-order chi connectivity index (χ0) is 14.6. The van der Waals surface area contributed by atoms with Crippen molar-refractivity contribution in [1.82, 2.24) is 19.9 Å².